The van der Waals surface area contributed by atoms with Crippen molar-refractivity contribution in [3.8, 4) is 5.75 Å². The number of rotatable bonds is 4. The average Bonchev–Trinajstić information content (AvgIpc) is 2.41. The lowest BCUT2D eigenvalue weighted by atomic mass is 10.1. The summed E-state index contributed by atoms with van der Waals surface area (Å²) in [4.78, 5) is 4.10. The molecule has 1 aromatic carbocycles. The standard InChI is InChI=1S/C15H18N2O/c1-11-5-3-6-14(15(11)18)10-17-12(2)13-7-4-8-16-9-13/h3-9,12,17-18H,10H2,1-2H3. The molecular weight excluding hydrogens is 224 g/mol. The van der Waals surface area contributed by atoms with E-state index >= 15 is 0 Å². The predicted molar refractivity (Wildman–Crippen MR) is 72.3 cm³/mol. The number of aryl methyl sites for hydroxylation is 1. The van der Waals surface area contributed by atoms with Gasteiger partial charge in [0.05, 0.1) is 0 Å². The van der Waals surface area contributed by atoms with E-state index in [1.54, 1.807) is 6.20 Å². The van der Waals surface area contributed by atoms with Crippen molar-refractivity contribution in [1.29, 1.82) is 0 Å². The number of aromatic hydroxyl groups is 1. The Morgan fingerprint density at radius 2 is 2.11 bits per heavy atom. The molecule has 1 aromatic heterocycles. The Bertz CT molecular complexity index is 511. The molecule has 0 saturated heterocycles. The van der Waals surface area contributed by atoms with E-state index in [0.717, 1.165) is 16.7 Å². The van der Waals surface area contributed by atoms with Crippen molar-refractivity contribution in [2.75, 3.05) is 0 Å². The van der Waals surface area contributed by atoms with Gasteiger partial charge in [0.1, 0.15) is 5.75 Å². The van der Waals surface area contributed by atoms with E-state index in [9.17, 15) is 5.11 Å². The van der Waals surface area contributed by atoms with Crippen LogP contribution in [-0.4, -0.2) is 10.1 Å². The molecule has 0 bridgehead atoms. The fraction of sp³-hybridized carbons (Fsp3) is 0.267. The Hall–Kier alpha value is -1.87. The maximum Gasteiger partial charge on any atom is 0.122 e. The first-order valence-corrected chi connectivity index (χ1v) is 6.09. The number of hydrogen-bond donors (Lipinski definition) is 2. The van der Waals surface area contributed by atoms with Gasteiger partial charge in [0.15, 0.2) is 0 Å². The third-order valence-electron chi connectivity index (χ3n) is 3.10. The highest BCUT2D eigenvalue weighted by Gasteiger charge is 2.07. The molecule has 2 rings (SSSR count). The van der Waals surface area contributed by atoms with Crippen LogP contribution in [0.2, 0.25) is 0 Å². The number of pyridine rings is 1. The normalized spacial score (nSPS) is 12.3. The molecule has 1 heterocycles. The van der Waals surface area contributed by atoms with E-state index in [4.69, 9.17) is 0 Å². The molecule has 3 nitrogen and oxygen atoms in total. The molecule has 0 aliphatic carbocycles. The number of nitrogens with zero attached hydrogens (tertiary/aromatic N) is 1. The lowest BCUT2D eigenvalue weighted by Gasteiger charge is -2.15. The number of benzene rings is 1. The highest BCUT2D eigenvalue weighted by molar-refractivity contribution is 5.39. The highest BCUT2D eigenvalue weighted by Crippen LogP contribution is 2.22. The van der Waals surface area contributed by atoms with Crippen LogP contribution in [0.5, 0.6) is 5.75 Å². The Labute approximate surface area is 108 Å². The maximum atomic E-state index is 9.93. The second kappa shape index (κ2) is 5.65. The maximum absolute atomic E-state index is 9.93. The Kier molecular flexibility index (Phi) is 3.95. The van der Waals surface area contributed by atoms with Gasteiger partial charge in [-0.25, -0.2) is 0 Å². The fourth-order valence-corrected chi connectivity index (χ4v) is 1.88. The molecule has 1 atom stereocenters. The molecular formula is C15H18N2O. The van der Waals surface area contributed by atoms with Crippen LogP contribution in [0.4, 0.5) is 0 Å². The van der Waals surface area contributed by atoms with Gasteiger partial charge in [0, 0.05) is 30.5 Å². The Balaban J connectivity index is 2.02. The summed E-state index contributed by atoms with van der Waals surface area (Å²) < 4.78 is 0. The van der Waals surface area contributed by atoms with Crippen LogP contribution in [0, 0.1) is 6.92 Å². The number of para-hydroxylation sites is 1. The molecule has 0 amide bonds. The van der Waals surface area contributed by atoms with Gasteiger partial charge in [-0.1, -0.05) is 24.3 Å². The van der Waals surface area contributed by atoms with Gasteiger partial charge < -0.3 is 10.4 Å². The minimum Gasteiger partial charge on any atom is -0.507 e. The first-order valence-electron chi connectivity index (χ1n) is 6.09. The minimum atomic E-state index is 0.207. The number of hydrogen-bond acceptors (Lipinski definition) is 3. The molecule has 0 radical (unpaired) electrons. The van der Waals surface area contributed by atoms with Crippen LogP contribution < -0.4 is 5.32 Å². The van der Waals surface area contributed by atoms with Gasteiger partial charge in [-0.05, 0) is 31.0 Å². The average molecular weight is 242 g/mol. The third kappa shape index (κ3) is 2.87. The first-order chi connectivity index (χ1) is 8.68. The second-order valence-corrected chi connectivity index (χ2v) is 4.47. The van der Waals surface area contributed by atoms with Gasteiger partial charge in [-0.2, -0.15) is 0 Å². The zero-order chi connectivity index (χ0) is 13.0. The molecule has 18 heavy (non-hydrogen) atoms. The fourth-order valence-electron chi connectivity index (χ4n) is 1.88. The van der Waals surface area contributed by atoms with Gasteiger partial charge >= 0.3 is 0 Å². The molecule has 2 N–H and O–H groups in total. The van der Waals surface area contributed by atoms with Gasteiger partial charge in [0.25, 0.3) is 0 Å². The first kappa shape index (κ1) is 12.6. The zero-order valence-electron chi connectivity index (χ0n) is 10.7. The van der Waals surface area contributed by atoms with Gasteiger partial charge in [-0.15, -0.1) is 0 Å². The molecule has 2 aromatic rings. The summed E-state index contributed by atoms with van der Waals surface area (Å²) >= 11 is 0. The van der Waals surface area contributed by atoms with Crippen molar-refractivity contribution < 1.29 is 5.11 Å². The van der Waals surface area contributed by atoms with Crippen LogP contribution >= 0.6 is 0 Å². The van der Waals surface area contributed by atoms with E-state index in [1.165, 1.54) is 0 Å². The molecule has 0 aliphatic rings. The van der Waals surface area contributed by atoms with Crippen LogP contribution in [0.15, 0.2) is 42.7 Å². The van der Waals surface area contributed by atoms with Crippen molar-refractivity contribution in [1.82, 2.24) is 10.3 Å². The molecule has 0 spiro atoms. The summed E-state index contributed by atoms with van der Waals surface area (Å²) in [5.41, 5.74) is 2.97. The zero-order valence-corrected chi connectivity index (χ0v) is 10.7. The summed E-state index contributed by atoms with van der Waals surface area (Å²) in [7, 11) is 0. The highest BCUT2D eigenvalue weighted by atomic mass is 16.3. The van der Waals surface area contributed by atoms with Gasteiger partial charge in [-0.3, -0.25) is 4.98 Å². The topological polar surface area (TPSA) is 45.2 Å². The monoisotopic (exact) mass is 242 g/mol. The molecule has 0 aliphatic heterocycles. The van der Waals surface area contributed by atoms with Crippen LogP contribution in [0.25, 0.3) is 0 Å². The van der Waals surface area contributed by atoms with Crippen molar-refractivity contribution in [2.24, 2.45) is 0 Å². The Morgan fingerprint density at radius 1 is 1.28 bits per heavy atom. The lowest BCUT2D eigenvalue weighted by molar-refractivity contribution is 0.456. The molecule has 0 fully saturated rings. The van der Waals surface area contributed by atoms with E-state index < -0.39 is 0 Å². The molecule has 94 valence electrons. The van der Waals surface area contributed by atoms with Crippen molar-refractivity contribution in [3.05, 3.63) is 59.4 Å². The second-order valence-electron chi connectivity index (χ2n) is 4.47. The summed E-state index contributed by atoms with van der Waals surface area (Å²) in [6.07, 6.45) is 3.62. The summed E-state index contributed by atoms with van der Waals surface area (Å²) in [5.74, 6) is 0.378. The number of phenols is 1. The van der Waals surface area contributed by atoms with Crippen molar-refractivity contribution in [2.45, 2.75) is 26.4 Å². The predicted octanol–water partition coefficient (Wildman–Crippen LogP) is 2.95. The number of nitrogens with one attached hydrogen (secondary N) is 1. The SMILES string of the molecule is Cc1cccc(CNC(C)c2cccnc2)c1O. The van der Waals surface area contributed by atoms with Crippen molar-refractivity contribution >= 4 is 0 Å². The third-order valence-corrected chi connectivity index (χ3v) is 3.10. The minimum absolute atomic E-state index is 0.207. The van der Waals surface area contributed by atoms with Crippen molar-refractivity contribution in [3.63, 3.8) is 0 Å². The van der Waals surface area contributed by atoms with E-state index in [2.05, 4.69) is 17.2 Å². The van der Waals surface area contributed by atoms with Crippen LogP contribution in [0.3, 0.4) is 0 Å². The molecule has 1 unspecified atom stereocenters. The van der Waals surface area contributed by atoms with E-state index in [0.29, 0.717) is 12.3 Å². The van der Waals surface area contributed by atoms with Gasteiger partial charge in [0.2, 0.25) is 0 Å². The quantitative estimate of drug-likeness (QED) is 0.866. The largest absolute Gasteiger partial charge is 0.507 e. The number of aromatic nitrogens is 1. The molecule has 0 saturated carbocycles. The van der Waals surface area contributed by atoms with E-state index in [1.807, 2.05) is 43.5 Å². The summed E-state index contributed by atoms with van der Waals surface area (Å²) in [6.45, 7) is 4.64. The van der Waals surface area contributed by atoms with E-state index in [-0.39, 0.29) is 6.04 Å². The number of phenolic OH excluding ortho intramolecular Hbond substituents is 1. The summed E-state index contributed by atoms with van der Waals surface area (Å²) in [5, 5.41) is 13.3. The molecule has 3 heteroatoms. The Morgan fingerprint density at radius 3 is 2.83 bits per heavy atom. The smallest absolute Gasteiger partial charge is 0.122 e. The van der Waals surface area contributed by atoms with Crippen LogP contribution in [0.1, 0.15) is 29.7 Å². The summed E-state index contributed by atoms with van der Waals surface area (Å²) in [6, 6.07) is 9.98. The lowest BCUT2D eigenvalue weighted by Crippen LogP contribution is -2.18. The van der Waals surface area contributed by atoms with Crippen LogP contribution in [-0.2, 0) is 6.54 Å².